The number of nitrogens with two attached hydrogens (primary N) is 1. The van der Waals surface area contributed by atoms with E-state index in [0.717, 1.165) is 5.56 Å². The predicted octanol–water partition coefficient (Wildman–Crippen LogP) is 1.80. The van der Waals surface area contributed by atoms with Crippen LogP contribution in [0.1, 0.15) is 26.3 Å². The summed E-state index contributed by atoms with van der Waals surface area (Å²) in [7, 11) is 0. The first kappa shape index (κ1) is 10.7. The first-order chi connectivity index (χ1) is 7.39. The van der Waals surface area contributed by atoms with Gasteiger partial charge in [-0.2, -0.15) is 5.10 Å². The molecule has 1 heterocycles. The summed E-state index contributed by atoms with van der Waals surface area (Å²) in [6.45, 7) is 6.31. The fourth-order valence-electron chi connectivity index (χ4n) is 1.65. The van der Waals surface area contributed by atoms with Crippen molar-refractivity contribution < 1.29 is 0 Å². The summed E-state index contributed by atoms with van der Waals surface area (Å²) in [6.07, 6.45) is 0. The molecule has 2 rings (SSSR count). The monoisotopic (exact) mass is 217 g/mol. The molecule has 0 atom stereocenters. The summed E-state index contributed by atoms with van der Waals surface area (Å²) in [5, 5.41) is 7.43. The topological polar surface area (TPSA) is 71.8 Å². The van der Waals surface area contributed by atoms with Gasteiger partial charge in [-0.15, -0.1) is 0 Å². The highest BCUT2D eigenvalue weighted by Crippen LogP contribution is 2.25. The molecule has 84 valence electrons. The molecule has 0 aliphatic carbocycles. The van der Waals surface area contributed by atoms with Crippen LogP contribution in [0.25, 0.3) is 10.8 Å². The van der Waals surface area contributed by atoms with Gasteiger partial charge < -0.3 is 5.73 Å². The van der Waals surface area contributed by atoms with Crippen LogP contribution in [0, 0.1) is 0 Å². The van der Waals surface area contributed by atoms with Crippen molar-refractivity contribution in [2.24, 2.45) is 0 Å². The third-order valence-electron chi connectivity index (χ3n) is 2.68. The molecule has 1 aromatic carbocycles. The minimum Gasteiger partial charge on any atom is -0.382 e. The maximum absolute atomic E-state index is 11.6. The van der Waals surface area contributed by atoms with Gasteiger partial charge in [-0.05, 0) is 17.0 Å². The molecule has 0 aliphatic rings. The van der Waals surface area contributed by atoms with Crippen molar-refractivity contribution in [3.63, 3.8) is 0 Å². The van der Waals surface area contributed by atoms with Crippen LogP contribution in [-0.2, 0) is 5.41 Å². The van der Waals surface area contributed by atoms with Crippen LogP contribution in [0.2, 0.25) is 0 Å². The quantitative estimate of drug-likeness (QED) is 0.706. The van der Waals surface area contributed by atoms with Crippen molar-refractivity contribution in [1.82, 2.24) is 10.2 Å². The van der Waals surface area contributed by atoms with Crippen molar-refractivity contribution in [3.05, 3.63) is 34.1 Å². The van der Waals surface area contributed by atoms with Crippen LogP contribution in [0.3, 0.4) is 0 Å². The van der Waals surface area contributed by atoms with Gasteiger partial charge in [0.2, 0.25) is 0 Å². The van der Waals surface area contributed by atoms with Crippen LogP contribution in [-0.4, -0.2) is 10.2 Å². The summed E-state index contributed by atoms with van der Waals surface area (Å²) < 4.78 is 0. The van der Waals surface area contributed by atoms with E-state index >= 15 is 0 Å². The highest BCUT2D eigenvalue weighted by atomic mass is 16.1. The minimum absolute atomic E-state index is 0.0126. The molecular weight excluding hydrogens is 202 g/mol. The Kier molecular flexibility index (Phi) is 2.22. The van der Waals surface area contributed by atoms with E-state index in [1.807, 2.05) is 18.2 Å². The summed E-state index contributed by atoms with van der Waals surface area (Å²) >= 11 is 0. The Morgan fingerprint density at radius 1 is 1.25 bits per heavy atom. The number of H-pyrrole nitrogens is 1. The molecule has 0 radical (unpaired) electrons. The molecule has 4 heteroatoms. The molecule has 4 nitrogen and oxygen atoms in total. The normalized spacial score (nSPS) is 11.9. The van der Waals surface area contributed by atoms with Crippen molar-refractivity contribution in [2.45, 2.75) is 26.2 Å². The maximum Gasteiger partial charge on any atom is 0.272 e. The van der Waals surface area contributed by atoms with Crippen LogP contribution < -0.4 is 11.3 Å². The van der Waals surface area contributed by atoms with Crippen LogP contribution >= 0.6 is 0 Å². The molecule has 3 N–H and O–H groups in total. The van der Waals surface area contributed by atoms with E-state index in [9.17, 15) is 4.79 Å². The number of benzene rings is 1. The molecule has 0 spiro atoms. The third-order valence-corrected chi connectivity index (χ3v) is 2.68. The molecule has 0 aliphatic heterocycles. The minimum atomic E-state index is -0.199. The van der Waals surface area contributed by atoms with Gasteiger partial charge in [0, 0.05) is 5.39 Å². The van der Waals surface area contributed by atoms with Gasteiger partial charge in [-0.3, -0.25) is 4.79 Å². The molecule has 0 saturated heterocycles. The predicted molar refractivity (Wildman–Crippen MR) is 65.5 cm³/mol. The molecule has 0 amide bonds. The highest BCUT2D eigenvalue weighted by molar-refractivity contribution is 5.90. The van der Waals surface area contributed by atoms with Crippen molar-refractivity contribution in [3.8, 4) is 0 Å². The van der Waals surface area contributed by atoms with E-state index in [1.165, 1.54) is 0 Å². The summed E-state index contributed by atoms with van der Waals surface area (Å²) in [4.78, 5) is 11.6. The number of hydrogen-bond acceptors (Lipinski definition) is 3. The Morgan fingerprint density at radius 3 is 2.56 bits per heavy atom. The zero-order chi connectivity index (χ0) is 11.9. The number of nitrogen functional groups attached to an aromatic ring is 1. The number of rotatable bonds is 0. The second-order valence-corrected chi connectivity index (χ2v) is 4.95. The fourth-order valence-corrected chi connectivity index (χ4v) is 1.65. The lowest BCUT2D eigenvalue weighted by atomic mass is 9.86. The van der Waals surface area contributed by atoms with Gasteiger partial charge in [-0.1, -0.05) is 32.9 Å². The van der Waals surface area contributed by atoms with Gasteiger partial charge >= 0.3 is 0 Å². The lowest BCUT2D eigenvalue weighted by molar-refractivity contribution is 0.591. The SMILES string of the molecule is CC(C)(C)c1ccc2c(N)n[nH]c(=O)c2c1. The fraction of sp³-hybridized carbons (Fsp3) is 0.333. The van der Waals surface area contributed by atoms with Crippen molar-refractivity contribution >= 4 is 16.6 Å². The largest absolute Gasteiger partial charge is 0.382 e. The highest BCUT2D eigenvalue weighted by Gasteiger charge is 2.15. The first-order valence-corrected chi connectivity index (χ1v) is 5.18. The van der Waals surface area contributed by atoms with Crippen molar-refractivity contribution in [1.29, 1.82) is 0 Å². The average molecular weight is 217 g/mol. The Bertz CT molecular complexity index is 593. The Balaban J connectivity index is 2.81. The van der Waals surface area contributed by atoms with Crippen LogP contribution in [0.4, 0.5) is 5.82 Å². The summed E-state index contributed by atoms with van der Waals surface area (Å²) in [5.41, 5.74) is 6.62. The summed E-state index contributed by atoms with van der Waals surface area (Å²) in [6, 6.07) is 5.72. The molecule has 16 heavy (non-hydrogen) atoms. The number of anilines is 1. The second kappa shape index (κ2) is 3.33. The average Bonchev–Trinajstić information content (AvgIpc) is 2.22. The first-order valence-electron chi connectivity index (χ1n) is 5.18. The zero-order valence-electron chi connectivity index (χ0n) is 9.66. The molecule has 0 bridgehead atoms. The van der Waals surface area contributed by atoms with E-state index < -0.39 is 0 Å². The molecule has 1 aromatic heterocycles. The van der Waals surface area contributed by atoms with Gasteiger partial charge in [0.15, 0.2) is 5.82 Å². The number of nitrogens with one attached hydrogen (secondary N) is 1. The Labute approximate surface area is 93.5 Å². The molecule has 2 aromatic rings. The number of aromatic nitrogens is 2. The smallest absolute Gasteiger partial charge is 0.272 e. The van der Waals surface area contributed by atoms with Gasteiger partial charge in [-0.25, -0.2) is 5.10 Å². The van der Waals surface area contributed by atoms with Gasteiger partial charge in [0.05, 0.1) is 5.39 Å². The van der Waals surface area contributed by atoms with Crippen LogP contribution in [0.5, 0.6) is 0 Å². The van der Waals surface area contributed by atoms with Crippen LogP contribution in [0.15, 0.2) is 23.0 Å². The lowest BCUT2D eigenvalue weighted by Crippen LogP contribution is -2.14. The van der Waals surface area contributed by atoms with E-state index in [0.29, 0.717) is 16.6 Å². The number of fused-ring (bicyclic) bond motifs is 1. The molecule has 0 fully saturated rings. The van der Waals surface area contributed by atoms with E-state index in [1.54, 1.807) is 0 Å². The lowest BCUT2D eigenvalue weighted by Gasteiger charge is -2.19. The van der Waals surface area contributed by atoms with E-state index in [2.05, 4.69) is 31.0 Å². The maximum atomic E-state index is 11.6. The standard InChI is InChI=1S/C12H15N3O/c1-12(2,3)7-4-5-8-9(6-7)11(16)15-14-10(8)13/h4-6H,1-3H3,(H2,13,14)(H,15,16). The summed E-state index contributed by atoms with van der Waals surface area (Å²) in [5.74, 6) is 0.357. The molecule has 0 unspecified atom stereocenters. The second-order valence-electron chi connectivity index (χ2n) is 4.95. The number of hydrogen-bond donors (Lipinski definition) is 2. The molecule has 0 saturated carbocycles. The number of aromatic amines is 1. The third kappa shape index (κ3) is 1.66. The van der Waals surface area contributed by atoms with Gasteiger partial charge in [0.25, 0.3) is 5.56 Å². The number of nitrogens with zero attached hydrogens (tertiary/aromatic N) is 1. The van der Waals surface area contributed by atoms with Gasteiger partial charge in [0.1, 0.15) is 0 Å². The zero-order valence-corrected chi connectivity index (χ0v) is 9.66. The Morgan fingerprint density at radius 2 is 1.94 bits per heavy atom. The molecular formula is C12H15N3O. The van der Waals surface area contributed by atoms with Crippen molar-refractivity contribution in [2.75, 3.05) is 5.73 Å². The van der Waals surface area contributed by atoms with E-state index in [-0.39, 0.29) is 11.0 Å². The van der Waals surface area contributed by atoms with E-state index in [4.69, 9.17) is 5.73 Å². The Hall–Kier alpha value is -1.84.